The molecular formula is C14H22ClN3O2. The van der Waals surface area contributed by atoms with E-state index in [4.69, 9.17) is 16.3 Å². The lowest BCUT2D eigenvalue weighted by atomic mass is 10.2. The van der Waals surface area contributed by atoms with E-state index in [0.717, 1.165) is 32.4 Å². The molecule has 0 atom stereocenters. The zero-order valence-corrected chi connectivity index (χ0v) is 12.8. The predicted molar refractivity (Wildman–Crippen MR) is 81.5 cm³/mol. The highest BCUT2D eigenvalue weighted by Gasteiger charge is 2.11. The number of carbonyl (C=O) groups excluding carboxylic acids is 1. The van der Waals surface area contributed by atoms with Crippen molar-refractivity contribution < 1.29 is 9.53 Å². The number of pyridine rings is 1. The van der Waals surface area contributed by atoms with Crippen LogP contribution < -0.4 is 10.6 Å². The second-order valence-electron chi connectivity index (χ2n) is 4.39. The molecule has 0 aliphatic carbocycles. The molecule has 1 rings (SSSR count). The molecular weight excluding hydrogens is 278 g/mol. The van der Waals surface area contributed by atoms with Crippen molar-refractivity contribution in [1.29, 1.82) is 0 Å². The summed E-state index contributed by atoms with van der Waals surface area (Å²) in [5.74, 6) is 0.491. The molecule has 0 spiro atoms. The summed E-state index contributed by atoms with van der Waals surface area (Å²) in [6, 6.07) is 1.67. The zero-order chi connectivity index (χ0) is 14.8. The number of ether oxygens (including phenoxy) is 1. The molecule has 0 bridgehead atoms. The summed E-state index contributed by atoms with van der Waals surface area (Å²) < 4.78 is 4.97. The molecule has 5 nitrogen and oxygen atoms in total. The SMILES string of the molecule is CCNc1cc(C(=O)NCCCCCOC)c(Cl)cn1. The molecule has 0 radical (unpaired) electrons. The Balaban J connectivity index is 2.44. The van der Waals surface area contributed by atoms with Crippen LogP contribution in [0, 0.1) is 0 Å². The first-order valence-corrected chi connectivity index (χ1v) is 7.23. The van der Waals surface area contributed by atoms with Crippen LogP contribution in [0.2, 0.25) is 5.02 Å². The molecule has 0 unspecified atom stereocenters. The summed E-state index contributed by atoms with van der Waals surface area (Å²) >= 11 is 6.00. The van der Waals surface area contributed by atoms with Gasteiger partial charge in [0.15, 0.2) is 0 Å². The molecule has 6 heteroatoms. The van der Waals surface area contributed by atoms with Gasteiger partial charge in [0.2, 0.25) is 0 Å². The summed E-state index contributed by atoms with van der Waals surface area (Å²) in [5.41, 5.74) is 0.453. The fourth-order valence-corrected chi connectivity index (χ4v) is 1.92. The number of unbranched alkanes of at least 4 members (excludes halogenated alkanes) is 2. The molecule has 0 aliphatic heterocycles. The average Bonchev–Trinajstić information content (AvgIpc) is 2.45. The van der Waals surface area contributed by atoms with E-state index in [1.165, 1.54) is 6.20 Å². The number of amides is 1. The van der Waals surface area contributed by atoms with Gasteiger partial charge >= 0.3 is 0 Å². The van der Waals surface area contributed by atoms with Crippen LogP contribution in [0.5, 0.6) is 0 Å². The normalized spacial score (nSPS) is 10.3. The van der Waals surface area contributed by atoms with Crippen LogP contribution >= 0.6 is 11.6 Å². The van der Waals surface area contributed by atoms with Gasteiger partial charge in [-0.2, -0.15) is 0 Å². The Morgan fingerprint density at radius 1 is 1.40 bits per heavy atom. The van der Waals surface area contributed by atoms with Crippen molar-refractivity contribution in [2.75, 3.05) is 32.1 Å². The van der Waals surface area contributed by atoms with Gasteiger partial charge in [-0.25, -0.2) is 4.98 Å². The van der Waals surface area contributed by atoms with Crippen LogP contribution in [-0.4, -0.2) is 37.7 Å². The first kappa shape index (κ1) is 16.7. The minimum atomic E-state index is -0.164. The Bertz CT molecular complexity index is 427. The van der Waals surface area contributed by atoms with Gasteiger partial charge in [0.1, 0.15) is 5.82 Å². The molecule has 0 saturated heterocycles. The fraction of sp³-hybridized carbons (Fsp3) is 0.571. The van der Waals surface area contributed by atoms with Gasteiger partial charge < -0.3 is 15.4 Å². The zero-order valence-electron chi connectivity index (χ0n) is 12.0. The lowest BCUT2D eigenvalue weighted by Gasteiger charge is -2.09. The van der Waals surface area contributed by atoms with E-state index in [1.807, 2.05) is 6.92 Å². The summed E-state index contributed by atoms with van der Waals surface area (Å²) in [6.07, 6.45) is 4.46. The van der Waals surface area contributed by atoms with E-state index < -0.39 is 0 Å². The van der Waals surface area contributed by atoms with Gasteiger partial charge in [0.05, 0.1) is 10.6 Å². The summed E-state index contributed by atoms with van der Waals surface area (Å²) in [6.45, 7) is 4.11. The standard InChI is InChI=1S/C14H22ClN3O2/c1-3-16-13-9-11(12(15)10-18-13)14(19)17-7-5-4-6-8-20-2/h9-10H,3-8H2,1-2H3,(H,16,18)(H,17,19). The third kappa shape index (κ3) is 5.75. The minimum absolute atomic E-state index is 0.164. The van der Waals surface area contributed by atoms with Crippen molar-refractivity contribution in [3.63, 3.8) is 0 Å². The highest BCUT2D eigenvalue weighted by Crippen LogP contribution is 2.17. The number of hydrogen-bond acceptors (Lipinski definition) is 4. The number of nitrogens with one attached hydrogen (secondary N) is 2. The Kier molecular flexibility index (Phi) is 7.99. The maximum atomic E-state index is 12.0. The van der Waals surface area contributed by atoms with Gasteiger partial charge in [0, 0.05) is 33.0 Å². The predicted octanol–water partition coefficient (Wildman–Crippen LogP) is 2.71. The van der Waals surface area contributed by atoms with Crippen LogP contribution in [0.1, 0.15) is 36.5 Å². The Morgan fingerprint density at radius 2 is 2.20 bits per heavy atom. The quantitative estimate of drug-likeness (QED) is 0.688. The van der Waals surface area contributed by atoms with Crippen molar-refractivity contribution in [2.45, 2.75) is 26.2 Å². The van der Waals surface area contributed by atoms with Crippen molar-refractivity contribution >= 4 is 23.3 Å². The van der Waals surface area contributed by atoms with E-state index in [2.05, 4.69) is 15.6 Å². The summed E-state index contributed by atoms with van der Waals surface area (Å²) in [5, 5.41) is 6.29. The lowest BCUT2D eigenvalue weighted by molar-refractivity contribution is 0.0952. The number of aromatic nitrogens is 1. The van der Waals surface area contributed by atoms with Gasteiger partial charge in [-0.1, -0.05) is 11.6 Å². The lowest BCUT2D eigenvalue weighted by Crippen LogP contribution is -2.25. The molecule has 0 fully saturated rings. The molecule has 20 heavy (non-hydrogen) atoms. The molecule has 1 heterocycles. The average molecular weight is 300 g/mol. The van der Waals surface area contributed by atoms with Crippen molar-refractivity contribution in [2.24, 2.45) is 0 Å². The van der Waals surface area contributed by atoms with E-state index >= 15 is 0 Å². The molecule has 1 amide bonds. The monoisotopic (exact) mass is 299 g/mol. The number of rotatable bonds is 9. The van der Waals surface area contributed by atoms with Gasteiger partial charge in [-0.3, -0.25) is 4.79 Å². The molecule has 1 aromatic heterocycles. The van der Waals surface area contributed by atoms with Gasteiger partial charge in [0.25, 0.3) is 5.91 Å². The van der Waals surface area contributed by atoms with E-state index in [1.54, 1.807) is 13.2 Å². The first-order valence-electron chi connectivity index (χ1n) is 6.85. The third-order valence-corrected chi connectivity index (χ3v) is 3.07. The molecule has 0 saturated carbocycles. The maximum Gasteiger partial charge on any atom is 0.252 e. The van der Waals surface area contributed by atoms with Gasteiger partial charge in [-0.15, -0.1) is 0 Å². The topological polar surface area (TPSA) is 63.2 Å². The Morgan fingerprint density at radius 3 is 2.90 bits per heavy atom. The van der Waals surface area contributed by atoms with Crippen LogP contribution in [0.15, 0.2) is 12.3 Å². The Labute approximate surface area is 125 Å². The largest absolute Gasteiger partial charge is 0.385 e. The van der Waals surface area contributed by atoms with Crippen LogP contribution in [0.4, 0.5) is 5.82 Å². The maximum absolute atomic E-state index is 12.0. The number of nitrogens with zero attached hydrogens (tertiary/aromatic N) is 1. The Hall–Kier alpha value is -1.33. The van der Waals surface area contributed by atoms with E-state index in [9.17, 15) is 4.79 Å². The molecule has 112 valence electrons. The number of hydrogen-bond donors (Lipinski definition) is 2. The summed E-state index contributed by atoms with van der Waals surface area (Å²) in [4.78, 5) is 16.1. The highest BCUT2D eigenvalue weighted by atomic mass is 35.5. The molecule has 2 N–H and O–H groups in total. The molecule has 0 aliphatic rings. The number of carbonyl (C=O) groups is 1. The number of methoxy groups -OCH3 is 1. The van der Waals surface area contributed by atoms with E-state index in [0.29, 0.717) is 22.9 Å². The first-order chi connectivity index (χ1) is 9.69. The van der Waals surface area contributed by atoms with Gasteiger partial charge in [-0.05, 0) is 32.3 Å². The van der Waals surface area contributed by atoms with Crippen LogP contribution in [-0.2, 0) is 4.74 Å². The van der Waals surface area contributed by atoms with Crippen molar-refractivity contribution in [1.82, 2.24) is 10.3 Å². The second-order valence-corrected chi connectivity index (χ2v) is 4.80. The highest BCUT2D eigenvalue weighted by molar-refractivity contribution is 6.33. The third-order valence-electron chi connectivity index (χ3n) is 2.77. The van der Waals surface area contributed by atoms with Crippen molar-refractivity contribution in [3.05, 3.63) is 22.8 Å². The number of halogens is 1. The molecule has 0 aromatic carbocycles. The van der Waals surface area contributed by atoms with Crippen LogP contribution in [0.25, 0.3) is 0 Å². The second kappa shape index (κ2) is 9.55. The van der Waals surface area contributed by atoms with Crippen molar-refractivity contribution in [3.8, 4) is 0 Å². The smallest absolute Gasteiger partial charge is 0.252 e. The minimum Gasteiger partial charge on any atom is -0.385 e. The fourth-order valence-electron chi connectivity index (χ4n) is 1.74. The summed E-state index contributed by atoms with van der Waals surface area (Å²) in [7, 11) is 1.69. The molecule has 1 aromatic rings. The number of anilines is 1. The van der Waals surface area contributed by atoms with E-state index in [-0.39, 0.29) is 5.91 Å². The van der Waals surface area contributed by atoms with Crippen LogP contribution in [0.3, 0.4) is 0 Å².